The first-order valence-electron chi connectivity index (χ1n) is 9.87. The molecule has 0 radical (unpaired) electrons. The minimum Gasteiger partial charge on any atom is -0.248 e. The van der Waals surface area contributed by atoms with Crippen LogP contribution < -0.4 is 4.57 Å². The molecule has 128 valence electrons. The van der Waals surface area contributed by atoms with E-state index in [-0.39, 0.29) is 0 Å². The van der Waals surface area contributed by atoms with Gasteiger partial charge in [-0.1, -0.05) is 84.0 Å². The second-order valence-corrected chi connectivity index (χ2v) is 6.92. The van der Waals surface area contributed by atoms with Crippen molar-refractivity contribution >= 4 is 0 Å². The van der Waals surface area contributed by atoms with Crippen LogP contribution in [-0.2, 0) is 6.54 Å². The fourth-order valence-corrected chi connectivity index (χ4v) is 3.13. The second-order valence-electron chi connectivity index (χ2n) is 6.92. The molecule has 22 heavy (non-hydrogen) atoms. The van der Waals surface area contributed by atoms with Crippen molar-refractivity contribution in [3.63, 3.8) is 0 Å². The molecule has 0 aromatic carbocycles. The topological polar surface area (TPSA) is 19.7 Å². The number of aromatic nitrogens is 2. The lowest BCUT2D eigenvalue weighted by Crippen LogP contribution is -2.30. The average molecular weight is 308 g/mol. The van der Waals surface area contributed by atoms with E-state index >= 15 is 0 Å². The number of hydrogen-bond acceptors (Lipinski definition) is 0. The summed E-state index contributed by atoms with van der Waals surface area (Å²) >= 11 is 0. The Bertz CT molecular complexity index is 343. The Morgan fingerprint density at radius 1 is 0.727 bits per heavy atom. The van der Waals surface area contributed by atoms with Gasteiger partial charge >= 0.3 is 0 Å². The third kappa shape index (κ3) is 10.9. The Kier molecular flexibility index (Phi) is 12.1. The molecule has 1 aromatic rings. The lowest BCUT2D eigenvalue weighted by atomic mass is 10.0. The molecule has 1 rings (SSSR count). The molecule has 2 heteroatoms. The van der Waals surface area contributed by atoms with Crippen LogP contribution in [0.5, 0.6) is 0 Å². The van der Waals surface area contributed by atoms with E-state index in [1.54, 1.807) is 0 Å². The number of aryl methyl sites for hydroxylation is 2. The van der Waals surface area contributed by atoms with Gasteiger partial charge < -0.3 is 0 Å². The van der Waals surface area contributed by atoms with Crippen LogP contribution in [0.25, 0.3) is 0 Å². The van der Waals surface area contributed by atoms with E-state index in [4.69, 9.17) is 0 Å². The molecule has 0 amide bonds. The van der Waals surface area contributed by atoms with E-state index in [0.717, 1.165) is 0 Å². The van der Waals surface area contributed by atoms with Crippen LogP contribution in [0.2, 0.25) is 0 Å². The van der Waals surface area contributed by atoms with Crippen molar-refractivity contribution < 1.29 is 4.57 Å². The highest BCUT2D eigenvalue weighted by atomic mass is 15.0. The number of rotatable bonds is 15. The fraction of sp³-hybridized carbons (Fsp3) is 0.850. The number of nitrogens with zero attached hydrogens (tertiary/aromatic N) is 1. The Morgan fingerprint density at radius 3 is 1.59 bits per heavy atom. The molecule has 1 N–H and O–H groups in total. The maximum Gasteiger partial charge on any atom is 0.241 e. The molecule has 0 spiro atoms. The standard InChI is InChI=1S/C20H38N2/c1-3-4-5-6-7-8-9-10-11-12-13-14-15-16-17-22-18-20(2)21-19-22/h18-19H,3-17H2,1-2H3/p+1. The van der Waals surface area contributed by atoms with Gasteiger partial charge in [0.25, 0.3) is 0 Å². The molecule has 0 saturated carbocycles. The second kappa shape index (κ2) is 13.8. The molecule has 0 fully saturated rings. The third-order valence-electron chi connectivity index (χ3n) is 4.59. The van der Waals surface area contributed by atoms with E-state index in [0.29, 0.717) is 0 Å². The Morgan fingerprint density at radius 2 is 1.18 bits per heavy atom. The van der Waals surface area contributed by atoms with Gasteiger partial charge in [0.05, 0.1) is 6.54 Å². The van der Waals surface area contributed by atoms with Crippen LogP contribution in [0.3, 0.4) is 0 Å². The minimum atomic E-state index is 1.17. The maximum absolute atomic E-state index is 3.23. The van der Waals surface area contributed by atoms with Crippen molar-refractivity contribution in [1.82, 2.24) is 4.98 Å². The molecule has 0 aliphatic rings. The summed E-state index contributed by atoms with van der Waals surface area (Å²) in [4.78, 5) is 3.23. The summed E-state index contributed by atoms with van der Waals surface area (Å²) in [6.07, 6.45) is 24.3. The SMILES string of the molecule is CCCCCCCCCCCCCCCC[n+]1c[nH]c(C)c1. The van der Waals surface area contributed by atoms with Gasteiger partial charge in [-0.15, -0.1) is 0 Å². The first-order chi connectivity index (χ1) is 10.8. The van der Waals surface area contributed by atoms with Crippen LogP contribution in [-0.4, -0.2) is 4.98 Å². The van der Waals surface area contributed by atoms with Crippen molar-refractivity contribution in [2.75, 3.05) is 0 Å². The smallest absolute Gasteiger partial charge is 0.241 e. The lowest BCUT2D eigenvalue weighted by Gasteiger charge is -2.03. The van der Waals surface area contributed by atoms with Crippen LogP contribution >= 0.6 is 0 Å². The number of H-pyrrole nitrogens is 1. The zero-order valence-corrected chi connectivity index (χ0v) is 15.2. The van der Waals surface area contributed by atoms with Crippen LogP contribution in [0.15, 0.2) is 12.5 Å². The van der Waals surface area contributed by atoms with E-state index < -0.39 is 0 Å². The molecule has 1 heterocycles. The van der Waals surface area contributed by atoms with Crippen molar-refractivity contribution in [1.29, 1.82) is 0 Å². The van der Waals surface area contributed by atoms with Crippen molar-refractivity contribution in [2.45, 2.75) is 110 Å². The first-order valence-corrected chi connectivity index (χ1v) is 9.87. The minimum absolute atomic E-state index is 1.17. The Hall–Kier alpha value is -0.790. The summed E-state index contributed by atoms with van der Waals surface area (Å²) in [7, 11) is 0. The summed E-state index contributed by atoms with van der Waals surface area (Å²) < 4.78 is 2.27. The monoisotopic (exact) mass is 307 g/mol. The van der Waals surface area contributed by atoms with Gasteiger partial charge in [0.1, 0.15) is 11.9 Å². The van der Waals surface area contributed by atoms with Gasteiger partial charge in [0, 0.05) is 6.92 Å². The summed E-state index contributed by atoms with van der Waals surface area (Å²) in [5.74, 6) is 0. The van der Waals surface area contributed by atoms with Crippen LogP contribution in [0.1, 0.15) is 103 Å². The maximum atomic E-state index is 3.23. The number of hydrogen-bond donors (Lipinski definition) is 1. The van der Waals surface area contributed by atoms with Crippen molar-refractivity contribution in [3.05, 3.63) is 18.2 Å². The summed E-state index contributed by atoms with van der Waals surface area (Å²) in [5, 5.41) is 0. The van der Waals surface area contributed by atoms with Crippen molar-refractivity contribution in [3.8, 4) is 0 Å². The normalized spacial score (nSPS) is 11.2. The zero-order chi connectivity index (χ0) is 15.9. The molecular formula is C20H39N2+. The number of aromatic amines is 1. The van der Waals surface area contributed by atoms with Gasteiger partial charge in [0.2, 0.25) is 6.33 Å². The molecule has 0 bridgehead atoms. The highest BCUT2D eigenvalue weighted by Crippen LogP contribution is 2.12. The van der Waals surface area contributed by atoms with Gasteiger partial charge in [0.15, 0.2) is 0 Å². The quantitative estimate of drug-likeness (QED) is 0.299. The Balaban J connectivity index is 1.73. The van der Waals surface area contributed by atoms with E-state index in [9.17, 15) is 0 Å². The molecule has 0 atom stereocenters. The largest absolute Gasteiger partial charge is 0.248 e. The highest BCUT2D eigenvalue weighted by molar-refractivity contribution is 4.82. The van der Waals surface area contributed by atoms with Gasteiger partial charge in [-0.05, 0) is 12.8 Å². The lowest BCUT2D eigenvalue weighted by molar-refractivity contribution is -0.696. The molecular weight excluding hydrogens is 268 g/mol. The predicted octanol–water partition coefficient (Wildman–Crippen LogP) is 6.09. The molecule has 0 aliphatic carbocycles. The van der Waals surface area contributed by atoms with E-state index in [1.165, 1.54) is 102 Å². The van der Waals surface area contributed by atoms with Crippen LogP contribution in [0.4, 0.5) is 0 Å². The highest BCUT2D eigenvalue weighted by Gasteiger charge is 2.00. The zero-order valence-electron chi connectivity index (χ0n) is 15.2. The summed E-state index contributed by atoms with van der Waals surface area (Å²) in [6, 6.07) is 0. The molecule has 0 aliphatic heterocycles. The van der Waals surface area contributed by atoms with E-state index in [1.807, 2.05) is 0 Å². The number of unbranched alkanes of at least 4 members (excludes halogenated alkanes) is 13. The molecule has 1 aromatic heterocycles. The Labute approximate surface area is 138 Å². The van der Waals surface area contributed by atoms with Gasteiger partial charge in [-0.2, -0.15) is 0 Å². The number of imidazole rings is 1. The third-order valence-corrected chi connectivity index (χ3v) is 4.59. The van der Waals surface area contributed by atoms with Gasteiger partial charge in [-0.25, -0.2) is 9.55 Å². The summed E-state index contributed by atoms with van der Waals surface area (Å²) in [6.45, 7) is 5.57. The molecule has 2 nitrogen and oxygen atoms in total. The first kappa shape index (κ1) is 19.3. The van der Waals surface area contributed by atoms with Gasteiger partial charge in [-0.3, -0.25) is 0 Å². The van der Waals surface area contributed by atoms with Crippen molar-refractivity contribution in [2.24, 2.45) is 0 Å². The fourth-order valence-electron chi connectivity index (χ4n) is 3.13. The molecule has 0 unspecified atom stereocenters. The van der Waals surface area contributed by atoms with E-state index in [2.05, 4.69) is 35.9 Å². The summed E-state index contributed by atoms with van der Waals surface area (Å²) in [5.41, 5.74) is 1.25. The average Bonchev–Trinajstić information content (AvgIpc) is 2.93. The number of nitrogens with one attached hydrogen (secondary N) is 1. The molecule has 0 saturated heterocycles. The van der Waals surface area contributed by atoms with Crippen LogP contribution in [0, 0.1) is 6.92 Å². The predicted molar refractivity (Wildman–Crippen MR) is 96.0 cm³/mol.